The number of rotatable bonds is 4. The Labute approximate surface area is 183 Å². The molecule has 0 spiro atoms. The predicted molar refractivity (Wildman–Crippen MR) is 126 cm³/mol. The maximum Gasteiger partial charge on any atom is 0.216 e. The SMILES string of the molecule is CC(C)(OC(=S)c1ccccc1)c1ccccc1.Cl.O=C(S)c1ccccc1. The number of thiocarbonyl (C=S) groups is 1. The van der Waals surface area contributed by atoms with Gasteiger partial charge < -0.3 is 4.74 Å². The van der Waals surface area contributed by atoms with Crippen LogP contribution in [0.3, 0.4) is 0 Å². The molecule has 0 aliphatic carbocycles. The normalized spacial score (nSPS) is 9.96. The number of hydrogen-bond acceptors (Lipinski definition) is 3. The van der Waals surface area contributed by atoms with E-state index >= 15 is 0 Å². The number of carbonyl (C=O) groups excluding carboxylic acids is 1. The van der Waals surface area contributed by atoms with Gasteiger partial charge in [0, 0.05) is 11.1 Å². The van der Waals surface area contributed by atoms with Crippen molar-refractivity contribution in [3.05, 3.63) is 108 Å². The van der Waals surface area contributed by atoms with Crippen molar-refractivity contribution in [2.45, 2.75) is 19.4 Å². The summed E-state index contributed by atoms with van der Waals surface area (Å²) in [4.78, 5) is 10.5. The smallest absolute Gasteiger partial charge is 0.216 e. The molecule has 28 heavy (non-hydrogen) atoms. The highest BCUT2D eigenvalue weighted by Gasteiger charge is 2.23. The van der Waals surface area contributed by atoms with Crippen LogP contribution >= 0.6 is 37.3 Å². The Balaban J connectivity index is 0.000000332. The Morgan fingerprint density at radius 2 is 1.18 bits per heavy atom. The molecule has 5 heteroatoms. The van der Waals surface area contributed by atoms with E-state index in [1.807, 2.05) is 92.7 Å². The topological polar surface area (TPSA) is 26.3 Å². The third-order valence-electron chi connectivity index (χ3n) is 3.85. The summed E-state index contributed by atoms with van der Waals surface area (Å²) in [6, 6.07) is 28.9. The van der Waals surface area contributed by atoms with Crippen LogP contribution in [0.2, 0.25) is 0 Å². The van der Waals surface area contributed by atoms with Crippen LogP contribution in [-0.4, -0.2) is 10.2 Å². The molecule has 0 fully saturated rings. The van der Waals surface area contributed by atoms with Crippen LogP contribution in [0.25, 0.3) is 0 Å². The fourth-order valence-electron chi connectivity index (χ4n) is 2.34. The Morgan fingerprint density at radius 1 is 0.786 bits per heavy atom. The number of thiol groups is 1. The maximum atomic E-state index is 10.5. The lowest BCUT2D eigenvalue weighted by Crippen LogP contribution is -2.25. The molecule has 0 bridgehead atoms. The molecule has 0 aliphatic heterocycles. The molecule has 0 aromatic heterocycles. The summed E-state index contributed by atoms with van der Waals surface area (Å²) < 4.78 is 5.94. The highest BCUT2D eigenvalue weighted by Crippen LogP contribution is 2.26. The monoisotopic (exact) mass is 430 g/mol. The molecule has 0 heterocycles. The van der Waals surface area contributed by atoms with Gasteiger partial charge in [0.05, 0.1) is 0 Å². The number of carbonyl (C=O) groups is 1. The van der Waals surface area contributed by atoms with Crippen LogP contribution in [0.15, 0.2) is 91.0 Å². The number of hydrogen-bond donors (Lipinski definition) is 1. The highest BCUT2D eigenvalue weighted by atomic mass is 35.5. The summed E-state index contributed by atoms with van der Waals surface area (Å²) in [5.74, 6) is 0. The van der Waals surface area contributed by atoms with Gasteiger partial charge in [-0.2, -0.15) is 0 Å². The van der Waals surface area contributed by atoms with Gasteiger partial charge in [0.1, 0.15) is 5.60 Å². The Hall–Kier alpha value is -2.14. The minimum Gasteiger partial charge on any atom is -0.472 e. The van der Waals surface area contributed by atoms with E-state index in [9.17, 15) is 4.79 Å². The van der Waals surface area contributed by atoms with Crippen LogP contribution in [0.5, 0.6) is 0 Å². The summed E-state index contributed by atoms with van der Waals surface area (Å²) in [6.07, 6.45) is 0. The first-order chi connectivity index (χ1) is 12.9. The Bertz CT molecular complexity index is 867. The molecular formula is C23H23ClO2S2. The molecule has 0 N–H and O–H groups in total. The Morgan fingerprint density at radius 3 is 1.57 bits per heavy atom. The molecule has 0 saturated carbocycles. The quantitative estimate of drug-likeness (QED) is 0.378. The van der Waals surface area contributed by atoms with Gasteiger partial charge in [0.25, 0.3) is 0 Å². The first-order valence-electron chi connectivity index (χ1n) is 8.52. The van der Waals surface area contributed by atoms with Gasteiger partial charge in [-0.25, -0.2) is 0 Å². The van der Waals surface area contributed by atoms with Crippen molar-refractivity contribution in [3.8, 4) is 0 Å². The first-order valence-corrected chi connectivity index (χ1v) is 9.38. The van der Waals surface area contributed by atoms with E-state index in [-0.39, 0.29) is 17.5 Å². The lowest BCUT2D eigenvalue weighted by Gasteiger charge is -2.27. The first kappa shape index (κ1) is 23.9. The van der Waals surface area contributed by atoms with Crippen molar-refractivity contribution in [2.24, 2.45) is 0 Å². The summed E-state index contributed by atoms with van der Waals surface area (Å²) in [7, 11) is 0. The van der Waals surface area contributed by atoms with Crippen LogP contribution in [0.4, 0.5) is 0 Å². The molecule has 0 unspecified atom stereocenters. The van der Waals surface area contributed by atoms with Gasteiger partial charge in [-0.3, -0.25) is 4.79 Å². The lowest BCUT2D eigenvalue weighted by molar-refractivity contribution is 0.0999. The second-order valence-electron chi connectivity index (χ2n) is 6.30. The molecule has 3 aromatic carbocycles. The van der Waals surface area contributed by atoms with E-state index in [2.05, 4.69) is 12.6 Å². The molecule has 146 valence electrons. The van der Waals surface area contributed by atoms with Crippen molar-refractivity contribution < 1.29 is 9.53 Å². The zero-order valence-corrected chi connectivity index (χ0v) is 18.3. The van der Waals surface area contributed by atoms with E-state index in [1.54, 1.807) is 12.1 Å². The van der Waals surface area contributed by atoms with Gasteiger partial charge in [-0.1, -0.05) is 91.0 Å². The average Bonchev–Trinajstić information content (AvgIpc) is 2.70. The molecule has 3 rings (SSSR count). The molecule has 0 atom stereocenters. The second kappa shape index (κ2) is 11.6. The van der Waals surface area contributed by atoms with Crippen molar-refractivity contribution in [3.63, 3.8) is 0 Å². The standard InChI is InChI=1S/C16H16OS.C7H6OS.ClH/c1-16(2,14-11-7-4-8-12-14)17-15(18)13-9-5-3-6-10-13;8-7(9)6-4-2-1-3-5-6;/h3-12H,1-2H3;1-5H,(H,8,9);1H. The molecule has 2 nitrogen and oxygen atoms in total. The minimum atomic E-state index is -0.422. The van der Waals surface area contributed by atoms with E-state index < -0.39 is 5.60 Å². The van der Waals surface area contributed by atoms with E-state index in [1.165, 1.54) is 0 Å². The fourth-order valence-corrected chi connectivity index (χ4v) is 2.84. The van der Waals surface area contributed by atoms with Gasteiger partial charge in [0.15, 0.2) is 5.05 Å². The Kier molecular flexibility index (Phi) is 9.94. The predicted octanol–water partition coefficient (Wildman–Crippen LogP) is 6.49. The second-order valence-corrected chi connectivity index (χ2v) is 7.08. The molecule has 0 aliphatic rings. The van der Waals surface area contributed by atoms with Crippen LogP contribution in [0.1, 0.15) is 35.3 Å². The number of benzene rings is 3. The summed E-state index contributed by atoms with van der Waals surface area (Å²) in [5, 5.41) is 0.347. The summed E-state index contributed by atoms with van der Waals surface area (Å²) >= 11 is 9.00. The number of halogens is 1. The van der Waals surface area contributed by atoms with Gasteiger partial charge in [-0.05, 0) is 31.6 Å². The van der Waals surface area contributed by atoms with Crippen molar-refractivity contribution in [1.82, 2.24) is 0 Å². The van der Waals surface area contributed by atoms with Gasteiger partial charge >= 0.3 is 0 Å². The van der Waals surface area contributed by atoms with Crippen molar-refractivity contribution >= 4 is 47.4 Å². The van der Waals surface area contributed by atoms with Crippen LogP contribution in [0, 0.1) is 0 Å². The van der Waals surface area contributed by atoms with Crippen molar-refractivity contribution in [2.75, 3.05) is 0 Å². The third-order valence-corrected chi connectivity index (χ3v) is 4.42. The summed E-state index contributed by atoms with van der Waals surface area (Å²) in [5.41, 5.74) is 2.27. The van der Waals surface area contributed by atoms with Gasteiger partial charge in [-0.15, -0.1) is 25.0 Å². The van der Waals surface area contributed by atoms with Gasteiger partial charge in [0.2, 0.25) is 5.12 Å². The zero-order chi connectivity index (χ0) is 19.7. The van der Waals surface area contributed by atoms with Crippen LogP contribution in [-0.2, 0) is 10.3 Å². The minimum absolute atomic E-state index is 0. The number of ether oxygens (including phenoxy) is 1. The zero-order valence-electron chi connectivity index (χ0n) is 15.7. The largest absolute Gasteiger partial charge is 0.472 e. The van der Waals surface area contributed by atoms with Crippen molar-refractivity contribution in [1.29, 1.82) is 0 Å². The van der Waals surface area contributed by atoms with E-state index in [4.69, 9.17) is 17.0 Å². The highest BCUT2D eigenvalue weighted by molar-refractivity contribution is 7.97. The average molecular weight is 431 g/mol. The van der Waals surface area contributed by atoms with Crippen LogP contribution < -0.4 is 0 Å². The third kappa shape index (κ3) is 7.47. The molecule has 3 aromatic rings. The van der Waals surface area contributed by atoms with E-state index in [0.717, 1.165) is 11.1 Å². The maximum absolute atomic E-state index is 10.5. The molecule has 0 amide bonds. The fraction of sp³-hybridized carbons (Fsp3) is 0.130. The molecular weight excluding hydrogens is 408 g/mol. The van der Waals surface area contributed by atoms with E-state index in [0.29, 0.717) is 10.6 Å². The lowest BCUT2D eigenvalue weighted by atomic mass is 9.98. The molecule has 0 saturated heterocycles. The molecule has 0 radical (unpaired) electrons. The summed E-state index contributed by atoms with van der Waals surface area (Å²) in [6.45, 7) is 4.05.